The summed E-state index contributed by atoms with van der Waals surface area (Å²) in [5, 5.41) is 14.2. The summed E-state index contributed by atoms with van der Waals surface area (Å²) >= 11 is 0. The Hall–Kier alpha value is -0.900. The minimum Gasteiger partial charge on any atom is -0.389 e. The van der Waals surface area contributed by atoms with Crippen LogP contribution in [0.1, 0.15) is 57.1 Å². The molecule has 0 radical (unpaired) electrons. The fourth-order valence-electron chi connectivity index (χ4n) is 3.97. The smallest absolute Gasteiger partial charge is 0.0771 e. The summed E-state index contributed by atoms with van der Waals surface area (Å²) in [6.07, 6.45) is 6.77. The molecule has 2 N–H and O–H groups in total. The number of hydrogen-bond acceptors (Lipinski definition) is 3. The van der Waals surface area contributed by atoms with E-state index in [9.17, 15) is 5.11 Å². The zero-order chi connectivity index (χ0) is 15.4. The van der Waals surface area contributed by atoms with Gasteiger partial charge in [0.15, 0.2) is 0 Å². The quantitative estimate of drug-likeness (QED) is 0.877. The van der Waals surface area contributed by atoms with Gasteiger partial charge in [0.05, 0.1) is 5.60 Å². The first-order valence-corrected chi connectivity index (χ1v) is 8.91. The molecule has 0 spiro atoms. The van der Waals surface area contributed by atoms with Crippen LogP contribution < -0.4 is 5.32 Å². The van der Waals surface area contributed by atoms with Crippen molar-refractivity contribution in [2.45, 2.75) is 63.1 Å². The van der Waals surface area contributed by atoms with E-state index in [0.717, 1.165) is 32.5 Å². The lowest BCUT2D eigenvalue weighted by atomic mass is 9.85. The highest BCUT2D eigenvalue weighted by Gasteiger charge is 2.32. The van der Waals surface area contributed by atoms with E-state index < -0.39 is 5.60 Å². The number of hydrogen-bond donors (Lipinski definition) is 2. The topological polar surface area (TPSA) is 35.5 Å². The first kappa shape index (κ1) is 16.0. The predicted octanol–water partition coefficient (Wildman–Crippen LogP) is 3.11. The molecule has 0 aromatic heterocycles. The molecule has 1 saturated heterocycles. The van der Waals surface area contributed by atoms with Crippen molar-refractivity contribution in [1.82, 2.24) is 10.2 Å². The third kappa shape index (κ3) is 3.89. The number of rotatable bonds is 5. The van der Waals surface area contributed by atoms with Crippen molar-refractivity contribution in [3.63, 3.8) is 0 Å². The second-order valence-corrected chi connectivity index (χ2v) is 7.23. The molecule has 1 saturated carbocycles. The number of nitrogens with zero attached hydrogens (tertiary/aromatic N) is 1. The van der Waals surface area contributed by atoms with E-state index in [-0.39, 0.29) is 0 Å². The van der Waals surface area contributed by atoms with E-state index in [4.69, 9.17) is 0 Å². The van der Waals surface area contributed by atoms with E-state index in [0.29, 0.717) is 12.1 Å². The van der Waals surface area contributed by atoms with Crippen molar-refractivity contribution in [3.05, 3.63) is 35.9 Å². The van der Waals surface area contributed by atoms with Crippen LogP contribution in [-0.2, 0) is 0 Å². The van der Waals surface area contributed by atoms with Gasteiger partial charge >= 0.3 is 0 Å². The summed E-state index contributed by atoms with van der Waals surface area (Å²) in [6, 6.07) is 11.8. The van der Waals surface area contributed by atoms with Crippen molar-refractivity contribution in [3.8, 4) is 0 Å². The fraction of sp³-hybridized carbons (Fsp3) is 0.684. The maximum absolute atomic E-state index is 10.6. The predicted molar refractivity (Wildman–Crippen MR) is 90.9 cm³/mol. The van der Waals surface area contributed by atoms with E-state index >= 15 is 0 Å². The molecule has 2 fully saturated rings. The van der Waals surface area contributed by atoms with E-state index in [1.807, 2.05) is 0 Å². The zero-order valence-corrected chi connectivity index (χ0v) is 13.8. The number of likely N-dealkylation sites (tertiary alicyclic amines) is 1. The molecule has 2 aliphatic rings. The Kier molecular flexibility index (Phi) is 5.17. The van der Waals surface area contributed by atoms with Crippen LogP contribution in [0.15, 0.2) is 30.3 Å². The van der Waals surface area contributed by atoms with Gasteiger partial charge in [0.25, 0.3) is 0 Å². The van der Waals surface area contributed by atoms with Gasteiger partial charge in [0.2, 0.25) is 0 Å². The largest absolute Gasteiger partial charge is 0.389 e. The molecule has 0 amide bonds. The summed E-state index contributed by atoms with van der Waals surface area (Å²) in [7, 11) is 0. The minimum absolute atomic E-state index is 0.448. The van der Waals surface area contributed by atoms with Crippen molar-refractivity contribution >= 4 is 0 Å². The van der Waals surface area contributed by atoms with Crippen LogP contribution in [0, 0.1) is 0 Å². The van der Waals surface area contributed by atoms with Gasteiger partial charge in [-0.3, -0.25) is 4.90 Å². The molecule has 3 heteroatoms. The maximum atomic E-state index is 10.6. The number of benzene rings is 1. The van der Waals surface area contributed by atoms with Gasteiger partial charge in [0, 0.05) is 31.7 Å². The molecule has 3 nitrogen and oxygen atoms in total. The summed E-state index contributed by atoms with van der Waals surface area (Å²) in [5.74, 6) is 0. The van der Waals surface area contributed by atoms with Gasteiger partial charge < -0.3 is 10.4 Å². The molecule has 1 aromatic carbocycles. The Morgan fingerprint density at radius 2 is 1.95 bits per heavy atom. The molecule has 2 unspecified atom stereocenters. The first-order chi connectivity index (χ1) is 10.7. The number of nitrogens with one attached hydrogen (secondary N) is 1. The normalized spacial score (nSPS) is 26.9. The molecule has 0 bridgehead atoms. The highest BCUT2D eigenvalue weighted by atomic mass is 16.3. The second kappa shape index (κ2) is 7.12. The SMILES string of the molecule is CC(c1ccccc1)N1CCC(NCC2(O)CCCCC2)C1. The second-order valence-electron chi connectivity index (χ2n) is 7.23. The van der Waals surface area contributed by atoms with Crippen LogP contribution in [-0.4, -0.2) is 41.3 Å². The highest BCUT2D eigenvalue weighted by Crippen LogP contribution is 2.28. The Morgan fingerprint density at radius 3 is 2.68 bits per heavy atom. The molecule has 3 rings (SSSR count). The zero-order valence-electron chi connectivity index (χ0n) is 13.8. The first-order valence-electron chi connectivity index (χ1n) is 8.91. The molecular weight excluding hydrogens is 272 g/mol. The fourth-order valence-corrected chi connectivity index (χ4v) is 3.97. The molecule has 1 aliphatic carbocycles. The van der Waals surface area contributed by atoms with Crippen LogP contribution in [0.4, 0.5) is 0 Å². The third-order valence-corrected chi connectivity index (χ3v) is 5.55. The molecule has 122 valence electrons. The van der Waals surface area contributed by atoms with Crippen molar-refractivity contribution < 1.29 is 5.11 Å². The van der Waals surface area contributed by atoms with Crippen LogP contribution in [0.25, 0.3) is 0 Å². The van der Waals surface area contributed by atoms with Crippen LogP contribution in [0.2, 0.25) is 0 Å². The average molecular weight is 302 g/mol. The van der Waals surface area contributed by atoms with Gasteiger partial charge in [-0.25, -0.2) is 0 Å². The lowest BCUT2D eigenvalue weighted by Gasteiger charge is -2.33. The number of aliphatic hydroxyl groups is 1. The average Bonchev–Trinajstić information content (AvgIpc) is 3.03. The minimum atomic E-state index is -0.448. The third-order valence-electron chi connectivity index (χ3n) is 5.55. The Labute approximate surface area is 134 Å². The van der Waals surface area contributed by atoms with Gasteiger partial charge in [-0.05, 0) is 31.7 Å². The van der Waals surface area contributed by atoms with E-state index in [1.165, 1.54) is 31.2 Å². The Balaban J connectivity index is 1.48. The van der Waals surface area contributed by atoms with Crippen LogP contribution in [0.5, 0.6) is 0 Å². The summed E-state index contributed by atoms with van der Waals surface area (Å²) < 4.78 is 0. The van der Waals surface area contributed by atoms with Gasteiger partial charge in [-0.15, -0.1) is 0 Å². The lowest BCUT2D eigenvalue weighted by Crippen LogP contribution is -2.46. The molecule has 2 atom stereocenters. The maximum Gasteiger partial charge on any atom is 0.0771 e. The monoisotopic (exact) mass is 302 g/mol. The summed E-state index contributed by atoms with van der Waals surface area (Å²) in [5.41, 5.74) is 0.950. The standard InChI is InChI=1S/C19H30N2O/c1-16(17-8-4-2-5-9-17)21-13-10-18(14-21)20-15-19(22)11-6-3-7-12-19/h2,4-5,8-9,16,18,20,22H,3,6-7,10-15H2,1H3. The van der Waals surface area contributed by atoms with Crippen molar-refractivity contribution in [1.29, 1.82) is 0 Å². The van der Waals surface area contributed by atoms with Gasteiger partial charge in [-0.2, -0.15) is 0 Å². The van der Waals surface area contributed by atoms with E-state index in [1.54, 1.807) is 0 Å². The van der Waals surface area contributed by atoms with Gasteiger partial charge in [-0.1, -0.05) is 49.6 Å². The van der Waals surface area contributed by atoms with Crippen molar-refractivity contribution in [2.75, 3.05) is 19.6 Å². The molecule has 1 aliphatic heterocycles. The Bertz CT molecular complexity index is 456. The summed E-state index contributed by atoms with van der Waals surface area (Å²) in [4.78, 5) is 2.55. The summed E-state index contributed by atoms with van der Waals surface area (Å²) in [6.45, 7) is 5.30. The highest BCUT2D eigenvalue weighted by molar-refractivity contribution is 5.18. The van der Waals surface area contributed by atoms with E-state index in [2.05, 4.69) is 47.5 Å². The van der Waals surface area contributed by atoms with Crippen LogP contribution in [0.3, 0.4) is 0 Å². The molecule has 22 heavy (non-hydrogen) atoms. The van der Waals surface area contributed by atoms with Crippen molar-refractivity contribution in [2.24, 2.45) is 0 Å². The molecule has 1 heterocycles. The van der Waals surface area contributed by atoms with Crippen LogP contribution >= 0.6 is 0 Å². The van der Waals surface area contributed by atoms with Gasteiger partial charge in [0.1, 0.15) is 0 Å². The molecular formula is C19H30N2O. The Morgan fingerprint density at radius 1 is 1.23 bits per heavy atom. The molecule has 1 aromatic rings. The lowest BCUT2D eigenvalue weighted by molar-refractivity contribution is 0.00279.